The van der Waals surface area contributed by atoms with E-state index in [1.165, 1.54) is 16.7 Å². The Labute approximate surface area is 130 Å². The zero-order valence-electron chi connectivity index (χ0n) is 10.7. The molecule has 2 heterocycles. The second-order valence-electron chi connectivity index (χ2n) is 4.39. The summed E-state index contributed by atoms with van der Waals surface area (Å²) in [6.45, 7) is 0. The van der Waals surface area contributed by atoms with E-state index in [2.05, 4.69) is 4.98 Å². The van der Waals surface area contributed by atoms with Gasteiger partial charge in [-0.2, -0.15) is 0 Å². The van der Waals surface area contributed by atoms with Crippen molar-refractivity contribution in [2.24, 2.45) is 0 Å². The third-order valence-electron chi connectivity index (χ3n) is 3.08. The number of aromatic hydroxyl groups is 2. The van der Waals surface area contributed by atoms with Crippen LogP contribution in [-0.2, 0) is 0 Å². The van der Waals surface area contributed by atoms with Gasteiger partial charge in [-0.25, -0.2) is 9.55 Å². The van der Waals surface area contributed by atoms with Gasteiger partial charge in [-0.05, 0) is 18.2 Å². The highest BCUT2D eigenvalue weighted by Crippen LogP contribution is 2.33. The predicted molar refractivity (Wildman–Crippen MR) is 82.3 cm³/mol. The summed E-state index contributed by atoms with van der Waals surface area (Å²) in [6, 6.07) is 11.6. The number of hydrogen-bond donors (Lipinski definition) is 2. The molecule has 0 unspecified atom stereocenters. The molecule has 2 N–H and O–H groups in total. The van der Waals surface area contributed by atoms with E-state index >= 15 is 0 Å². The van der Waals surface area contributed by atoms with E-state index in [4.69, 9.17) is 23.2 Å². The third-order valence-corrected chi connectivity index (χ3v) is 3.90. The van der Waals surface area contributed by atoms with Gasteiger partial charge in [0.1, 0.15) is 5.82 Å². The Morgan fingerprint density at radius 2 is 1.62 bits per heavy atom. The average Bonchev–Trinajstić information content (AvgIpc) is 2.82. The summed E-state index contributed by atoms with van der Waals surface area (Å²) < 4.78 is 1.23. The molecule has 0 aliphatic rings. The number of pyridine rings is 1. The molecular formula is C15H10Cl2N2O2. The van der Waals surface area contributed by atoms with Crippen molar-refractivity contribution in [1.82, 2.24) is 9.55 Å². The van der Waals surface area contributed by atoms with Crippen LogP contribution in [0.25, 0.3) is 16.9 Å². The molecule has 21 heavy (non-hydrogen) atoms. The molecule has 3 aromatic rings. The molecule has 0 aliphatic heterocycles. The molecule has 0 spiro atoms. The zero-order valence-corrected chi connectivity index (χ0v) is 12.2. The van der Waals surface area contributed by atoms with Gasteiger partial charge in [0.15, 0.2) is 11.8 Å². The second-order valence-corrected chi connectivity index (χ2v) is 5.18. The van der Waals surface area contributed by atoms with Gasteiger partial charge in [-0.1, -0.05) is 35.3 Å². The number of rotatable bonds is 2. The van der Waals surface area contributed by atoms with Crippen molar-refractivity contribution in [3.63, 3.8) is 0 Å². The first-order valence-corrected chi connectivity index (χ1v) is 6.84. The van der Waals surface area contributed by atoms with Gasteiger partial charge >= 0.3 is 0 Å². The minimum absolute atomic E-state index is 0.0893. The van der Waals surface area contributed by atoms with Crippen molar-refractivity contribution >= 4 is 23.2 Å². The molecule has 0 fully saturated rings. The highest BCUT2D eigenvalue weighted by atomic mass is 35.5. The maximum Gasteiger partial charge on any atom is 0.199 e. The van der Waals surface area contributed by atoms with Crippen molar-refractivity contribution in [1.29, 1.82) is 0 Å². The molecule has 0 aliphatic carbocycles. The molecule has 0 radical (unpaired) electrons. The number of aromatic nitrogens is 2. The maximum absolute atomic E-state index is 9.68. The first-order valence-electron chi connectivity index (χ1n) is 6.08. The Morgan fingerprint density at radius 1 is 0.905 bits per heavy atom. The van der Waals surface area contributed by atoms with Crippen LogP contribution in [0.3, 0.4) is 0 Å². The maximum atomic E-state index is 9.68. The summed E-state index contributed by atoms with van der Waals surface area (Å²) in [5.74, 6) is 0.221. The quantitative estimate of drug-likeness (QED) is 0.741. The van der Waals surface area contributed by atoms with Gasteiger partial charge in [-0.15, -0.1) is 0 Å². The van der Waals surface area contributed by atoms with Gasteiger partial charge in [0.25, 0.3) is 0 Å². The molecule has 1 aromatic carbocycles. The number of nitrogens with zero attached hydrogens (tertiary/aromatic N) is 2. The van der Waals surface area contributed by atoms with E-state index in [9.17, 15) is 10.2 Å². The fourth-order valence-corrected chi connectivity index (χ4v) is 2.46. The first kappa shape index (κ1) is 13.8. The highest BCUT2D eigenvalue weighted by Gasteiger charge is 2.11. The van der Waals surface area contributed by atoms with Crippen LogP contribution in [0.5, 0.6) is 11.8 Å². The first-order chi connectivity index (χ1) is 10.1. The fraction of sp³-hybridized carbons (Fsp3) is 0. The molecule has 0 amide bonds. The molecule has 0 atom stereocenters. The van der Waals surface area contributed by atoms with Gasteiger partial charge in [0, 0.05) is 29.5 Å². The van der Waals surface area contributed by atoms with Gasteiger partial charge in [-0.3, -0.25) is 0 Å². The summed E-state index contributed by atoms with van der Waals surface area (Å²) in [5, 5.41) is 20.3. The lowest BCUT2D eigenvalue weighted by atomic mass is 10.1. The Morgan fingerprint density at radius 3 is 2.24 bits per heavy atom. The fourth-order valence-electron chi connectivity index (χ4n) is 2.05. The van der Waals surface area contributed by atoms with Crippen molar-refractivity contribution in [2.45, 2.75) is 0 Å². The van der Waals surface area contributed by atoms with Crippen LogP contribution >= 0.6 is 23.2 Å². The molecule has 0 bridgehead atoms. The molecule has 0 saturated carbocycles. The molecule has 3 rings (SSSR count). The van der Waals surface area contributed by atoms with Crippen LogP contribution in [0.15, 0.2) is 48.7 Å². The van der Waals surface area contributed by atoms with Crippen LogP contribution in [0.2, 0.25) is 10.0 Å². The monoisotopic (exact) mass is 320 g/mol. The topological polar surface area (TPSA) is 58.3 Å². The van der Waals surface area contributed by atoms with E-state index in [1.54, 1.807) is 30.5 Å². The average molecular weight is 321 g/mol. The normalized spacial score (nSPS) is 10.8. The van der Waals surface area contributed by atoms with Crippen molar-refractivity contribution in [2.75, 3.05) is 0 Å². The summed E-state index contributed by atoms with van der Waals surface area (Å²) in [7, 11) is 0. The lowest BCUT2D eigenvalue weighted by molar-refractivity contribution is 0.401. The van der Waals surface area contributed by atoms with Crippen LogP contribution in [-0.4, -0.2) is 19.8 Å². The van der Waals surface area contributed by atoms with E-state index in [1.807, 2.05) is 6.07 Å². The van der Waals surface area contributed by atoms with Crippen LogP contribution < -0.4 is 0 Å². The van der Waals surface area contributed by atoms with E-state index in [0.29, 0.717) is 15.9 Å². The minimum Gasteiger partial charge on any atom is -0.494 e. The highest BCUT2D eigenvalue weighted by molar-refractivity contribution is 6.43. The van der Waals surface area contributed by atoms with E-state index in [-0.39, 0.29) is 11.8 Å². The van der Waals surface area contributed by atoms with E-state index < -0.39 is 0 Å². The van der Waals surface area contributed by atoms with Gasteiger partial charge < -0.3 is 10.2 Å². The van der Waals surface area contributed by atoms with Crippen LogP contribution in [0.4, 0.5) is 0 Å². The molecule has 6 heteroatoms. The lowest BCUT2D eigenvalue weighted by Gasteiger charge is -2.08. The third kappa shape index (κ3) is 2.44. The molecule has 106 valence electrons. The van der Waals surface area contributed by atoms with Gasteiger partial charge in [0.05, 0.1) is 10.0 Å². The largest absolute Gasteiger partial charge is 0.494 e. The van der Waals surface area contributed by atoms with Crippen molar-refractivity contribution in [3.8, 4) is 28.7 Å². The SMILES string of the molecule is Oc1ccc(O)n1-c1ccc(-c2cccc(Cl)c2Cl)cn1. The second kappa shape index (κ2) is 5.31. The standard InChI is InChI=1S/C15H10Cl2N2O2/c16-11-3-1-2-10(15(11)17)9-4-5-12(18-8-9)19-13(20)6-7-14(19)21/h1-8,20-21H. The summed E-state index contributed by atoms with van der Waals surface area (Å²) >= 11 is 12.2. The predicted octanol–water partition coefficient (Wildman–Crippen LogP) is 4.26. The Kier molecular flexibility index (Phi) is 3.49. The number of hydrogen-bond acceptors (Lipinski definition) is 3. The summed E-state index contributed by atoms with van der Waals surface area (Å²) in [5.41, 5.74) is 1.56. The molecule has 2 aromatic heterocycles. The van der Waals surface area contributed by atoms with Crippen molar-refractivity contribution in [3.05, 3.63) is 58.7 Å². The van der Waals surface area contributed by atoms with Crippen molar-refractivity contribution < 1.29 is 10.2 Å². The molecule has 0 saturated heterocycles. The zero-order chi connectivity index (χ0) is 15.0. The number of benzene rings is 1. The minimum atomic E-state index is -0.0893. The van der Waals surface area contributed by atoms with Gasteiger partial charge in [0.2, 0.25) is 0 Å². The summed E-state index contributed by atoms with van der Waals surface area (Å²) in [4.78, 5) is 4.23. The Balaban J connectivity index is 2.04. The van der Waals surface area contributed by atoms with Crippen LogP contribution in [0, 0.1) is 0 Å². The molecule has 4 nitrogen and oxygen atoms in total. The number of halogens is 2. The smallest absolute Gasteiger partial charge is 0.199 e. The Hall–Kier alpha value is -2.17. The summed E-state index contributed by atoms with van der Waals surface area (Å²) in [6.07, 6.45) is 1.60. The molecular weight excluding hydrogens is 311 g/mol. The van der Waals surface area contributed by atoms with E-state index in [0.717, 1.165) is 11.1 Å². The van der Waals surface area contributed by atoms with Crippen LogP contribution in [0.1, 0.15) is 0 Å². The lowest BCUT2D eigenvalue weighted by Crippen LogP contribution is -1.96. The Bertz CT molecular complexity index is 778.